The highest BCUT2D eigenvalue weighted by Gasteiger charge is 2.36. The van der Waals surface area contributed by atoms with Gasteiger partial charge >= 0.3 is 0 Å². The molecule has 0 saturated carbocycles. The summed E-state index contributed by atoms with van der Waals surface area (Å²) in [6, 6.07) is 8.08. The van der Waals surface area contributed by atoms with Crippen molar-refractivity contribution >= 4 is 11.6 Å². The van der Waals surface area contributed by atoms with E-state index >= 15 is 0 Å². The van der Waals surface area contributed by atoms with E-state index in [-0.39, 0.29) is 18.4 Å². The molecule has 2 heterocycles. The van der Waals surface area contributed by atoms with Gasteiger partial charge in [-0.3, -0.25) is 4.79 Å². The molecule has 21 heavy (non-hydrogen) atoms. The second-order valence-corrected chi connectivity index (χ2v) is 5.98. The van der Waals surface area contributed by atoms with E-state index < -0.39 is 5.54 Å². The van der Waals surface area contributed by atoms with Crippen molar-refractivity contribution in [3.8, 4) is 0 Å². The molecule has 1 atom stereocenters. The van der Waals surface area contributed by atoms with Gasteiger partial charge in [-0.15, -0.1) is 0 Å². The minimum atomic E-state index is -0.508. The minimum absolute atomic E-state index is 0.0213. The lowest BCUT2D eigenvalue weighted by Crippen LogP contribution is -2.57. The summed E-state index contributed by atoms with van der Waals surface area (Å²) in [5, 5.41) is 16.0. The SMILES string of the molecule is O=C(NC1(CO)CCOCC1)C1CNc2ccccc2C1. The first-order valence-electron chi connectivity index (χ1n) is 7.55. The van der Waals surface area contributed by atoms with Crippen LogP contribution in [0.3, 0.4) is 0 Å². The third-order valence-electron chi connectivity index (χ3n) is 4.53. The number of rotatable bonds is 3. The number of carbonyl (C=O) groups excluding carboxylic acids is 1. The summed E-state index contributed by atoms with van der Waals surface area (Å²) in [6.45, 7) is 1.79. The molecule has 3 rings (SSSR count). The summed E-state index contributed by atoms with van der Waals surface area (Å²) < 4.78 is 5.33. The molecule has 5 heteroatoms. The Labute approximate surface area is 124 Å². The summed E-state index contributed by atoms with van der Waals surface area (Å²) in [6.07, 6.45) is 2.09. The van der Waals surface area contributed by atoms with Crippen molar-refractivity contribution in [3.63, 3.8) is 0 Å². The predicted molar refractivity (Wildman–Crippen MR) is 80.1 cm³/mol. The van der Waals surface area contributed by atoms with Gasteiger partial charge in [-0.1, -0.05) is 18.2 Å². The van der Waals surface area contributed by atoms with Crippen molar-refractivity contribution < 1.29 is 14.6 Å². The van der Waals surface area contributed by atoms with E-state index in [9.17, 15) is 9.90 Å². The quantitative estimate of drug-likeness (QED) is 0.774. The fourth-order valence-electron chi connectivity index (χ4n) is 3.08. The molecule has 0 aliphatic carbocycles. The normalized spacial score (nSPS) is 23.8. The van der Waals surface area contributed by atoms with E-state index in [4.69, 9.17) is 4.74 Å². The molecular formula is C16H22N2O3. The van der Waals surface area contributed by atoms with Gasteiger partial charge < -0.3 is 20.5 Å². The van der Waals surface area contributed by atoms with Gasteiger partial charge in [-0.05, 0) is 30.9 Å². The third kappa shape index (κ3) is 3.04. The molecule has 1 aromatic rings. The van der Waals surface area contributed by atoms with E-state index in [1.165, 1.54) is 5.56 Å². The Balaban J connectivity index is 1.66. The van der Waals surface area contributed by atoms with Crippen LogP contribution >= 0.6 is 0 Å². The fraction of sp³-hybridized carbons (Fsp3) is 0.562. The molecule has 1 amide bonds. The van der Waals surface area contributed by atoms with Crippen LogP contribution in [0.1, 0.15) is 18.4 Å². The van der Waals surface area contributed by atoms with Crippen LogP contribution in [-0.4, -0.2) is 42.9 Å². The number of nitrogens with one attached hydrogen (secondary N) is 2. The number of fused-ring (bicyclic) bond motifs is 1. The molecule has 1 unspecified atom stereocenters. The molecule has 1 aromatic carbocycles. The summed E-state index contributed by atoms with van der Waals surface area (Å²) in [7, 11) is 0. The van der Waals surface area contributed by atoms with Gasteiger partial charge in [-0.2, -0.15) is 0 Å². The summed E-state index contributed by atoms with van der Waals surface area (Å²) in [5.41, 5.74) is 1.78. The lowest BCUT2D eigenvalue weighted by Gasteiger charge is -2.38. The van der Waals surface area contributed by atoms with Gasteiger partial charge in [-0.25, -0.2) is 0 Å². The average molecular weight is 290 g/mol. The van der Waals surface area contributed by atoms with Crippen LogP contribution in [0.15, 0.2) is 24.3 Å². The molecule has 2 aliphatic heterocycles. The van der Waals surface area contributed by atoms with Crippen LogP contribution in [0, 0.1) is 5.92 Å². The summed E-state index contributed by atoms with van der Waals surface area (Å²) in [4.78, 5) is 12.5. The maximum absolute atomic E-state index is 12.5. The molecular weight excluding hydrogens is 268 g/mol. The molecule has 114 valence electrons. The number of aliphatic hydroxyl groups is 1. The number of anilines is 1. The first-order valence-corrected chi connectivity index (χ1v) is 7.55. The number of aliphatic hydroxyl groups excluding tert-OH is 1. The molecule has 1 fully saturated rings. The Morgan fingerprint density at radius 1 is 1.38 bits per heavy atom. The highest BCUT2D eigenvalue weighted by molar-refractivity contribution is 5.81. The Bertz CT molecular complexity index is 512. The Hall–Kier alpha value is -1.59. The number of hydrogen-bond donors (Lipinski definition) is 3. The molecule has 0 spiro atoms. The lowest BCUT2D eigenvalue weighted by molar-refractivity contribution is -0.128. The lowest BCUT2D eigenvalue weighted by atomic mass is 9.88. The van der Waals surface area contributed by atoms with Crippen molar-refractivity contribution in [2.45, 2.75) is 24.8 Å². The summed E-state index contributed by atoms with van der Waals surface area (Å²) in [5.74, 6) is -0.0703. The number of carbonyl (C=O) groups is 1. The third-order valence-corrected chi connectivity index (χ3v) is 4.53. The van der Waals surface area contributed by atoms with E-state index in [1.54, 1.807) is 0 Å². The fourth-order valence-corrected chi connectivity index (χ4v) is 3.08. The van der Waals surface area contributed by atoms with Gasteiger partial charge in [0.05, 0.1) is 18.1 Å². The number of amides is 1. The predicted octanol–water partition coefficient (Wildman–Crippen LogP) is 0.928. The second-order valence-electron chi connectivity index (χ2n) is 5.98. The molecule has 0 bridgehead atoms. The van der Waals surface area contributed by atoms with Gasteiger partial charge in [0, 0.05) is 25.4 Å². The average Bonchev–Trinajstić information content (AvgIpc) is 2.55. The first kappa shape index (κ1) is 14.4. The molecule has 0 radical (unpaired) electrons. The molecule has 0 aromatic heterocycles. The van der Waals surface area contributed by atoms with Gasteiger partial charge in [0.1, 0.15) is 0 Å². The highest BCUT2D eigenvalue weighted by Crippen LogP contribution is 2.26. The molecule has 3 N–H and O–H groups in total. The van der Waals surface area contributed by atoms with Crippen LogP contribution in [0.5, 0.6) is 0 Å². The van der Waals surface area contributed by atoms with Crippen LogP contribution in [-0.2, 0) is 16.0 Å². The molecule has 1 saturated heterocycles. The van der Waals surface area contributed by atoms with Gasteiger partial charge in [0.25, 0.3) is 0 Å². The van der Waals surface area contributed by atoms with Crippen LogP contribution in [0.25, 0.3) is 0 Å². The zero-order valence-corrected chi connectivity index (χ0v) is 12.1. The van der Waals surface area contributed by atoms with Crippen molar-refractivity contribution in [2.75, 3.05) is 31.7 Å². The largest absolute Gasteiger partial charge is 0.394 e. The van der Waals surface area contributed by atoms with Gasteiger partial charge in [0.2, 0.25) is 5.91 Å². The maximum atomic E-state index is 12.5. The smallest absolute Gasteiger partial charge is 0.225 e. The van der Waals surface area contributed by atoms with E-state index in [1.807, 2.05) is 18.2 Å². The Morgan fingerprint density at radius 2 is 2.14 bits per heavy atom. The first-order chi connectivity index (χ1) is 10.2. The summed E-state index contributed by atoms with van der Waals surface area (Å²) >= 11 is 0. The Morgan fingerprint density at radius 3 is 2.90 bits per heavy atom. The highest BCUT2D eigenvalue weighted by atomic mass is 16.5. The minimum Gasteiger partial charge on any atom is -0.394 e. The monoisotopic (exact) mass is 290 g/mol. The zero-order valence-electron chi connectivity index (χ0n) is 12.1. The molecule has 5 nitrogen and oxygen atoms in total. The van der Waals surface area contributed by atoms with Gasteiger partial charge in [0.15, 0.2) is 0 Å². The number of para-hydroxylation sites is 1. The second kappa shape index (κ2) is 6.03. The van der Waals surface area contributed by atoms with Crippen LogP contribution in [0.2, 0.25) is 0 Å². The number of hydrogen-bond acceptors (Lipinski definition) is 4. The van der Waals surface area contributed by atoms with Crippen molar-refractivity contribution in [2.24, 2.45) is 5.92 Å². The number of ether oxygens (including phenoxy) is 1. The van der Waals surface area contributed by atoms with Crippen LogP contribution < -0.4 is 10.6 Å². The zero-order chi connectivity index (χ0) is 14.7. The van der Waals surface area contributed by atoms with E-state index in [0.29, 0.717) is 32.6 Å². The molecule has 2 aliphatic rings. The van der Waals surface area contributed by atoms with Crippen LogP contribution in [0.4, 0.5) is 5.69 Å². The standard InChI is InChI=1S/C16H22N2O3/c19-11-16(5-7-21-8-6-16)18-15(20)13-9-12-3-1-2-4-14(12)17-10-13/h1-4,13,17,19H,5-11H2,(H,18,20). The van der Waals surface area contributed by atoms with E-state index in [0.717, 1.165) is 12.1 Å². The van der Waals surface area contributed by atoms with Crippen molar-refractivity contribution in [1.29, 1.82) is 0 Å². The van der Waals surface area contributed by atoms with E-state index in [2.05, 4.69) is 16.7 Å². The van der Waals surface area contributed by atoms with Crippen molar-refractivity contribution in [1.82, 2.24) is 5.32 Å². The number of benzene rings is 1. The maximum Gasteiger partial charge on any atom is 0.225 e. The van der Waals surface area contributed by atoms with Crippen molar-refractivity contribution in [3.05, 3.63) is 29.8 Å². The topological polar surface area (TPSA) is 70.6 Å². The Kier molecular flexibility index (Phi) is 4.12.